The minimum Gasteiger partial charge on any atom is -0.495 e. The predicted molar refractivity (Wildman–Crippen MR) is 68.4 cm³/mol. The molecule has 1 heterocycles. The number of sulfone groups is 1. The van der Waals surface area contributed by atoms with Crippen molar-refractivity contribution in [1.29, 1.82) is 0 Å². The van der Waals surface area contributed by atoms with Gasteiger partial charge in [0.15, 0.2) is 9.84 Å². The zero-order valence-corrected chi connectivity index (χ0v) is 11.1. The van der Waals surface area contributed by atoms with Crippen LogP contribution in [0.15, 0.2) is 23.1 Å². The highest BCUT2D eigenvalue weighted by Gasteiger charge is 2.29. The van der Waals surface area contributed by atoms with Gasteiger partial charge in [0, 0.05) is 13.2 Å². The van der Waals surface area contributed by atoms with E-state index in [0.717, 1.165) is 0 Å². The van der Waals surface area contributed by atoms with Crippen LogP contribution in [0.3, 0.4) is 0 Å². The molecule has 0 saturated carbocycles. The summed E-state index contributed by atoms with van der Waals surface area (Å²) in [7, 11) is -1.83. The largest absolute Gasteiger partial charge is 0.495 e. The van der Waals surface area contributed by atoms with E-state index in [1.54, 1.807) is 12.1 Å². The molecule has 1 aromatic rings. The topological polar surface area (TPSA) is 78.6 Å². The minimum atomic E-state index is -3.33. The second kappa shape index (κ2) is 5.16. The van der Waals surface area contributed by atoms with Gasteiger partial charge in [-0.25, -0.2) is 8.42 Å². The monoisotopic (exact) mass is 271 g/mol. The maximum atomic E-state index is 12.4. The fourth-order valence-corrected chi connectivity index (χ4v) is 3.82. The van der Waals surface area contributed by atoms with E-state index in [2.05, 4.69) is 0 Å². The van der Waals surface area contributed by atoms with Gasteiger partial charge in [-0.3, -0.25) is 0 Å². The zero-order chi connectivity index (χ0) is 13.2. The van der Waals surface area contributed by atoms with Gasteiger partial charge >= 0.3 is 0 Å². The van der Waals surface area contributed by atoms with Crippen LogP contribution in [0.2, 0.25) is 0 Å². The lowest BCUT2D eigenvalue weighted by Gasteiger charge is -2.22. The van der Waals surface area contributed by atoms with Crippen molar-refractivity contribution in [3.05, 3.63) is 18.2 Å². The Balaban J connectivity index is 2.32. The summed E-state index contributed by atoms with van der Waals surface area (Å²) in [6.07, 6.45) is 1.07. The average Bonchev–Trinajstić information content (AvgIpc) is 2.39. The number of methoxy groups -OCH3 is 1. The summed E-state index contributed by atoms with van der Waals surface area (Å²) in [6, 6.07) is 4.59. The van der Waals surface area contributed by atoms with Crippen LogP contribution in [0.4, 0.5) is 5.69 Å². The smallest absolute Gasteiger partial charge is 0.181 e. The van der Waals surface area contributed by atoms with Crippen molar-refractivity contribution < 1.29 is 17.9 Å². The molecule has 1 saturated heterocycles. The number of rotatable bonds is 3. The molecular weight excluding hydrogens is 254 g/mol. The zero-order valence-electron chi connectivity index (χ0n) is 10.3. The lowest BCUT2D eigenvalue weighted by Crippen LogP contribution is -2.29. The predicted octanol–water partition coefficient (Wildman–Crippen LogP) is 1.23. The van der Waals surface area contributed by atoms with Gasteiger partial charge in [-0.1, -0.05) is 0 Å². The Kier molecular flexibility index (Phi) is 3.77. The van der Waals surface area contributed by atoms with Gasteiger partial charge < -0.3 is 15.2 Å². The third-order valence-corrected chi connectivity index (χ3v) is 5.40. The molecule has 1 aromatic carbocycles. The number of anilines is 1. The third-order valence-electron chi connectivity index (χ3n) is 3.14. The molecule has 1 aliphatic rings. The van der Waals surface area contributed by atoms with E-state index in [-0.39, 0.29) is 10.1 Å². The molecule has 6 heteroatoms. The van der Waals surface area contributed by atoms with Crippen molar-refractivity contribution in [2.75, 3.05) is 26.1 Å². The SMILES string of the molecule is COc1ccc(S(=O)(=O)C2CCOCC2)cc1N. The van der Waals surface area contributed by atoms with E-state index in [4.69, 9.17) is 15.2 Å². The van der Waals surface area contributed by atoms with Crippen molar-refractivity contribution in [2.45, 2.75) is 23.0 Å². The average molecular weight is 271 g/mol. The highest BCUT2D eigenvalue weighted by atomic mass is 32.2. The Labute approximate surface area is 107 Å². The quantitative estimate of drug-likeness (QED) is 0.836. The number of ether oxygens (including phenoxy) is 2. The van der Waals surface area contributed by atoms with E-state index in [1.807, 2.05) is 0 Å². The number of hydrogen-bond donors (Lipinski definition) is 1. The maximum Gasteiger partial charge on any atom is 0.181 e. The summed E-state index contributed by atoms with van der Waals surface area (Å²) in [6.45, 7) is 0.991. The first-order chi connectivity index (χ1) is 8.55. The van der Waals surface area contributed by atoms with Crippen LogP contribution in [-0.4, -0.2) is 34.0 Å². The Morgan fingerprint density at radius 3 is 2.56 bits per heavy atom. The van der Waals surface area contributed by atoms with E-state index in [1.165, 1.54) is 13.2 Å². The molecule has 2 N–H and O–H groups in total. The molecule has 0 amide bonds. The van der Waals surface area contributed by atoms with E-state index < -0.39 is 9.84 Å². The van der Waals surface area contributed by atoms with Crippen LogP contribution in [-0.2, 0) is 14.6 Å². The summed E-state index contributed by atoms with van der Waals surface area (Å²) >= 11 is 0. The van der Waals surface area contributed by atoms with Crippen molar-refractivity contribution >= 4 is 15.5 Å². The van der Waals surface area contributed by atoms with Crippen molar-refractivity contribution in [2.24, 2.45) is 0 Å². The van der Waals surface area contributed by atoms with Crippen molar-refractivity contribution in [3.63, 3.8) is 0 Å². The van der Waals surface area contributed by atoms with Crippen LogP contribution < -0.4 is 10.5 Å². The maximum absolute atomic E-state index is 12.4. The van der Waals surface area contributed by atoms with Gasteiger partial charge in [-0.15, -0.1) is 0 Å². The van der Waals surface area contributed by atoms with E-state index in [0.29, 0.717) is 37.5 Å². The molecule has 100 valence electrons. The lowest BCUT2D eigenvalue weighted by atomic mass is 10.2. The van der Waals surface area contributed by atoms with Gasteiger partial charge in [0.25, 0.3) is 0 Å². The van der Waals surface area contributed by atoms with E-state index >= 15 is 0 Å². The van der Waals surface area contributed by atoms with E-state index in [9.17, 15) is 8.42 Å². The first kappa shape index (κ1) is 13.2. The highest BCUT2D eigenvalue weighted by Crippen LogP contribution is 2.29. The van der Waals surface area contributed by atoms with Gasteiger partial charge in [0.1, 0.15) is 5.75 Å². The van der Waals surface area contributed by atoms with Gasteiger partial charge in [-0.05, 0) is 31.0 Å². The molecule has 1 aliphatic heterocycles. The molecule has 1 fully saturated rings. The first-order valence-electron chi connectivity index (χ1n) is 5.81. The molecule has 2 rings (SSSR count). The Bertz CT molecular complexity index is 521. The Hall–Kier alpha value is -1.27. The fraction of sp³-hybridized carbons (Fsp3) is 0.500. The molecule has 0 unspecified atom stereocenters. The molecule has 18 heavy (non-hydrogen) atoms. The van der Waals surface area contributed by atoms with Crippen molar-refractivity contribution in [1.82, 2.24) is 0 Å². The van der Waals surface area contributed by atoms with Gasteiger partial charge in [0.05, 0.1) is 22.9 Å². The van der Waals surface area contributed by atoms with Gasteiger partial charge in [0.2, 0.25) is 0 Å². The second-order valence-corrected chi connectivity index (χ2v) is 6.49. The third kappa shape index (κ3) is 2.44. The Morgan fingerprint density at radius 1 is 1.33 bits per heavy atom. The summed E-state index contributed by atoms with van der Waals surface area (Å²) in [5.74, 6) is 0.487. The van der Waals surface area contributed by atoms with Crippen LogP contribution >= 0.6 is 0 Å². The molecule has 0 bridgehead atoms. The molecular formula is C12H17NO4S. The number of benzene rings is 1. The fourth-order valence-electron chi connectivity index (χ4n) is 2.07. The molecule has 5 nitrogen and oxygen atoms in total. The molecule has 0 radical (unpaired) electrons. The van der Waals surface area contributed by atoms with Crippen LogP contribution in [0.25, 0.3) is 0 Å². The molecule has 0 aliphatic carbocycles. The number of nitrogens with two attached hydrogens (primary N) is 1. The molecule has 0 spiro atoms. The van der Waals surface area contributed by atoms with Crippen LogP contribution in [0.1, 0.15) is 12.8 Å². The second-order valence-electron chi connectivity index (χ2n) is 4.26. The summed E-state index contributed by atoms with van der Waals surface area (Å²) in [4.78, 5) is 0.257. The van der Waals surface area contributed by atoms with Crippen LogP contribution in [0.5, 0.6) is 5.75 Å². The van der Waals surface area contributed by atoms with Crippen molar-refractivity contribution in [3.8, 4) is 5.75 Å². The Morgan fingerprint density at radius 2 is 2.00 bits per heavy atom. The minimum absolute atomic E-state index is 0.257. The summed E-state index contributed by atoms with van der Waals surface area (Å²) < 4.78 is 35.0. The standard InChI is InChI=1S/C12H17NO4S/c1-16-12-3-2-10(8-11(12)13)18(14,15)9-4-6-17-7-5-9/h2-3,8-9H,4-7,13H2,1H3. The number of nitrogen functional groups attached to an aromatic ring is 1. The normalized spacial score (nSPS) is 17.6. The first-order valence-corrected chi connectivity index (χ1v) is 7.35. The molecule has 0 atom stereocenters. The van der Waals surface area contributed by atoms with Gasteiger partial charge in [-0.2, -0.15) is 0 Å². The summed E-state index contributed by atoms with van der Waals surface area (Å²) in [5, 5.41) is -0.376. The summed E-state index contributed by atoms with van der Waals surface area (Å²) in [5.41, 5.74) is 6.08. The molecule has 0 aromatic heterocycles. The highest BCUT2D eigenvalue weighted by molar-refractivity contribution is 7.92. The van der Waals surface area contributed by atoms with Crippen LogP contribution in [0, 0.1) is 0 Å². The lowest BCUT2D eigenvalue weighted by molar-refractivity contribution is 0.0983. The number of hydrogen-bond acceptors (Lipinski definition) is 5.